The molecule has 1 aromatic carbocycles. The number of likely N-dealkylation sites (N-methyl/N-ethyl adjacent to an activating group) is 1. The smallest absolute Gasteiger partial charge is 0.144 e. The molecule has 1 aliphatic heterocycles. The van der Waals surface area contributed by atoms with E-state index in [1.165, 1.54) is 23.1 Å². The zero-order valence-electron chi connectivity index (χ0n) is 16.8. The van der Waals surface area contributed by atoms with Crippen LogP contribution in [-0.4, -0.2) is 32.9 Å². The Morgan fingerprint density at radius 2 is 1.71 bits per heavy atom. The van der Waals surface area contributed by atoms with Crippen molar-refractivity contribution in [1.29, 1.82) is 0 Å². The lowest BCUT2D eigenvalue weighted by Crippen LogP contribution is -2.16. The molecule has 4 nitrogen and oxygen atoms in total. The van der Waals surface area contributed by atoms with Gasteiger partial charge in [-0.2, -0.15) is 0 Å². The topological polar surface area (TPSA) is 46.6 Å². The summed E-state index contributed by atoms with van der Waals surface area (Å²) in [6.07, 6.45) is 14.1. The number of sulfone groups is 1. The molecular formula is C23H27NO3S. The molecule has 0 saturated heterocycles. The summed E-state index contributed by atoms with van der Waals surface area (Å²) in [7, 11) is -0.624. The third-order valence-corrected chi connectivity index (χ3v) is 4.86. The number of hydrogen-bond donors (Lipinski definition) is 0. The van der Waals surface area contributed by atoms with E-state index in [2.05, 4.69) is 54.8 Å². The molecule has 3 aliphatic rings. The number of hydrogen-bond acceptors (Lipinski definition) is 4. The van der Waals surface area contributed by atoms with Crippen LogP contribution in [-0.2, 0) is 9.84 Å². The van der Waals surface area contributed by atoms with Crippen LogP contribution in [0.5, 0.6) is 5.75 Å². The van der Waals surface area contributed by atoms with E-state index in [0.29, 0.717) is 11.8 Å². The van der Waals surface area contributed by atoms with Crippen LogP contribution in [0.25, 0.3) is 0 Å². The van der Waals surface area contributed by atoms with Gasteiger partial charge >= 0.3 is 0 Å². The lowest BCUT2D eigenvalue weighted by atomic mass is 9.92. The SMILES string of the molecule is C=C1C(C2=CC=C(Oc3ccc(C)cc3)C3CC23)=CC=CN1C.CS(C)(=O)=O. The fourth-order valence-corrected chi connectivity index (χ4v) is 3.32. The van der Waals surface area contributed by atoms with Crippen molar-refractivity contribution in [3.63, 3.8) is 0 Å². The molecule has 0 spiro atoms. The Kier molecular flexibility index (Phi) is 5.66. The molecule has 2 atom stereocenters. The first-order valence-corrected chi connectivity index (χ1v) is 11.6. The van der Waals surface area contributed by atoms with Crippen molar-refractivity contribution >= 4 is 9.84 Å². The molecule has 1 aromatic rings. The fourth-order valence-electron chi connectivity index (χ4n) is 3.32. The molecule has 0 aromatic heterocycles. The number of allylic oxidation sites excluding steroid dienone is 6. The summed E-state index contributed by atoms with van der Waals surface area (Å²) in [4.78, 5) is 2.08. The zero-order chi connectivity index (χ0) is 20.5. The summed E-state index contributed by atoms with van der Waals surface area (Å²) in [6, 6.07) is 8.25. The van der Waals surface area contributed by atoms with Gasteiger partial charge in [-0.3, -0.25) is 0 Å². The highest BCUT2D eigenvalue weighted by Gasteiger charge is 2.46. The Morgan fingerprint density at radius 3 is 2.36 bits per heavy atom. The number of aryl methyl sites for hydroxylation is 1. The maximum atomic E-state index is 9.63. The third-order valence-electron chi connectivity index (χ3n) is 4.86. The highest BCUT2D eigenvalue weighted by molar-refractivity contribution is 7.89. The Hall–Kier alpha value is -2.53. The van der Waals surface area contributed by atoms with Gasteiger partial charge in [0, 0.05) is 42.9 Å². The average molecular weight is 398 g/mol. The summed E-state index contributed by atoms with van der Waals surface area (Å²) < 4.78 is 25.4. The van der Waals surface area contributed by atoms with Crippen LogP contribution in [0, 0.1) is 18.8 Å². The zero-order valence-corrected chi connectivity index (χ0v) is 17.7. The van der Waals surface area contributed by atoms with Crippen LogP contribution in [0.2, 0.25) is 0 Å². The molecule has 2 aliphatic carbocycles. The van der Waals surface area contributed by atoms with Gasteiger partial charge in [0.25, 0.3) is 0 Å². The predicted molar refractivity (Wildman–Crippen MR) is 114 cm³/mol. The van der Waals surface area contributed by atoms with Gasteiger partial charge in [0.1, 0.15) is 21.3 Å². The summed E-state index contributed by atoms with van der Waals surface area (Å²) in [5.41, 5.74) is 4.97. The Labute approximate surface area is 168 Å². The van der Waals surface area contributed by atoms with Gasteiger partial charge in [0.2, 0.25) is 0 Å². The first kappa shape index (κ1) is 20.2. The molecule has 28 heavy (non-hydrogen) atoms. The second kappa shape index (κ2) is 7.84. The molecule has 148 valence electrons. The summed E-state index contributed by atoms with van der Waals surface area (Å²) in [5.74, 6) is 3.10. The fraction of sp³-hybridized carbons (Fsp3) is 0.304. The second-order valence-electron chi connectivity index (χ2n) is 7.68. The lowest BCUT2D eigenvalue weighted by Gasteiger charge is -2.26. The number of benzene rings is 1. The minimum atomic E-state index is -2.67. The molecule has 0 bridgehead atoms. The van der Waals surface area contributed by atoms with Crippen LogP contribution >= 0.6 is 0 Å². The van der Waals surface area contributed by atoms with E-state index in [1.54, 1.807) is 0 Å². The van der Waals surface area contributed by atoms with E-state index < -0.39 is 9.84 Å². The Morgan fingerprint density at radius 1 is 1.07 bits per heavy atom. The molecule has 1 saturated carbocycles. The van der Waals surface area contributed by atoms with Gasteiger partial charge < -0.3 is 9.64 Å². The molecule has 2 unspecified atom stereocenters. The van der Waals surface area contributed by atoms with Gasteiger partial charge in [-0.25, -0.2) is 8.42 Å². The molecular weight excluding hydrogens is 370 g/mol. The second-order valence-corrected chi connectivity index (χ2v) is 9.96. The van der Waals surface area contributed by atoms with Crippen molar-refractivity contribution < 1.29 is 13.2 Å². The largest absolute Gasteiger partial charge is 0.461 e. The maximum absolute atomic E-state index is 9.63. The molecule has 1 heterocycles. The quantitative estimate of drug-likeness (QED) is 0.759. The van der Waals surface area contributed by atoms with Crippen molar-refractivity contribution in [3.8, 4) is 5.75 Å². The first-order valence-electron chi connectivity index (χ1n) is 9.26. The predicted octanol–water partition coefficient (Wildman–Crippen LogP) is 4.39. The first-order chi connectivity index (χ1) is 13.1. The van der Waals surface area contributed by atoms with Gasteiger partial charge in [-0.15, -0.1) is 0 Å². The van der Waals surface area contributed by atoms with Crippen LogP contribution in [0.3, 0.4) is 0 Å². The van der Waals surface area contributed by atoms with Crippen LogP contribution < -0.4 is 4.74 Å². The van der Waals surface area contributed by atoms with Crippen LogP contribution in [0.4, 0.5) is 0 Å². The van der Waals surface area contributed by atoms with Crippen molar-refractivity contribution in [2.75, 3.05) is 19.6 Å². The minimum Gasteiger partial charge on any atom is -0.461 e. The molecule has 0 radical (unpaired) electrons. The van der Waals surface area contributed by atoms with Crippen molar-refractivity contribution in [2.45, 2.75) is 13.3 Å². The molecule has 5 heteroatoms. The van der Waals surface area contributed by atoms with Crippen molar-refractivity contribution in [1.82, 2.24) is 4.90 Å². The van der Waals surface area contributed by atoms with E-state index >= 15 is 0 Å². The number of fused-ring (bicyclic) bond motifs is 1. The van der Waals surface area contributed by atoms with E-state index in [0.717, 1.165) is 29.7 Å². The summed E-state index contributed by atoms with van der Waals surface area (Å²) in [6.45, 7) is 6.30. The monoisotopic (exact) mass is 397 g/mol. The Bertz CT molecular complexity index is 987. The van der Waals surface area contributed by atoms with Gasteiger partial charge in [0.05, 0.1) is 0 Å². The van der Waals surface area contributed by atoms with E-state index in [9.17, 15) is 8.42 Å². The maximum Gasteiger partial charge on any atom is 0.144 e. The highest BCUT2D eigenvalue weighted by atomic mass is 32.2. The van der Waals surface area contributed by atoms with Crippen LogP contribution in [0.1, 0.15) is 12.0 Å². The number of nitrogens with zero attached hydrogens (tertiary/aromatic N) is 1. The minimum absolute atomic E-state index is 0.515. The standard InChI is InChI=1S/C21H21NO.C2H6O2S/c1-14-6-8-16(9-7-14)23-21-11-10-18(19-13-20(19)21)17-5-4-12-22(3)15(17)2;1-5(2,3)4/h4-12,19-20H,2,13H2,1,3H3;1-2H3. The van der Waals surface area contributed by atoms with E-state index in [1.807, 2.05) is 25.4 Å². The third kappa shape index (κ3) is 5.04. The molecule has 0 N–H and O–H groups in total. The lowest BCUT2D eigenvalue weighted by molar-refractivity contribution is 0.388. The Balaban J connectivity index is 0.000000403. The van der Waals surface area contributed by atoms with Crippen molar-refractivity contribution in [2.24, 2.45) is 11.8 Å². The van der Waals surface area contributed by atoms with Gasteiger partial charge in [0.15, 0.2) is 0 Å². The van der Waals surface area contributed by atoms with Crippen LogP contribution in [0.15, 0.2) is 84.0 Å². The molecule has 4 rings (SSSR count). The van der Waals surface area contributed by atoms with E-state index in [4.69, 9.17) is 4.74 Å². The van der Waals surface area contributed by atoms with E-state index in [-0.39, 0.29) is 0 Å². The summed E-state index contributed by atoms with van der Waals surface area (Å²) in [5, 5.41) is 0. The number of rotatable bonds is 3. The van der Waals surface area contributed by atoms with Crippen molar-refractivity contribution in [3.05, 3.63) is 89.5 Å². The molecule has 0 amide bonds. The van der Waals surface area contributed by atoms with Gasteiger partial charge in [-0.1, -0.05) is 36.4 Å². The summed E-state index contributed by atoms with van der Waals surface area (Å²) >= 11 is 0. The average Bonchev–Trinajstić information content (AvgIpc) is 3.40. The van der Waals surface area contributed by atoms with Gasteiger partial charge in [-0.05, 0) is 49.1 Å². The normalized spacial score (nSPS) is 22.9. The molecule has 1 fully saturated rings. The number of ether oxygens (including phenoxy) is 1. The highest BCUT2D eigenvalue weighted by Crippen LogP contribution is 2.54.